The summed E-state index contributed by atoms with van der Waals surface area (Å²) in [7, 11) is 0. The molecule has 0 saturated carbocycles. The van der Waals surface area contributed by atoms with E-state index in [0.717, 1.165) is 12.8 Å². The number of unbranched alkanes of at least 4 members (excludes halogenated alkanes) is 1. The highest BCUT2D eigenvalue weighted by Gasteiger charge is 2.11. The van der Waals surface area contributed by atoms with Gasteiger partial charge in [0.2, 0.25) is 0 Å². The molecule has 0 bridgehead atoms. The normalized spacial score (nSPS) is 14.1. The zero-order valence-electron chi connectivity index (χ0n) is 11.5. The number of nitro benzene ring substituents is 1. The van der Waals surface area contributed by atoms with Gasteiger partial charge in [-0.1, -0.05) is 19.8 Å². The molecule has 1 rings (SSSR count). The number of nitrogens with zero attached hydrogens (tertiary/aromatic N) is 1. The Labute approximate surface area is 113 Å². The highest BCUT2D eigenvalue weighted by molar-refractivity contribution is 5.33. The minimum absolute atomic E-state index is 0.0419. The van der Waals surface area contributed by atoms with Gasteiger partial charge in [0.05, 0.1) is 11.0 Å². The van der Waals surface area contributed by atoms with Crippen LogP contribution in [0.5, 0.6) is 0 Å². The van der Waals surface area contributed by atoms with Crippen LogP contribution in [0, 0.1) is 10.1 Å². The predicted octanol–water partition coefficient (Wildman–Crippen LogP) is 2.80. The summed E-state index contributed by atoms with van der Waals surface area (Å²) < 4.78 is 0. The Morgan fingerprint density at radius 2 is 2.00 bits per heavy atom. The van der Waals surface area contributed by atoms with Crippen molar-refractivity contribution in [2.75, 3.05) is 6.54 Å². The molecule has 0 heterocycles. The zero-order chi connectivity index (χ0) is 14.3. The molecule has 0 amide bonds. The Morgan fingerprint density at radius 1 is 1.37 bits per heavy atom. The van der Waals surface area contributed by atoms with Crippen LogP contribution in [-0.2, 0) is 0 Å². The van der Waals surface area contributed by atoms with Crippen molar-refractivity contribution < 1.29 is 10.0 Å². The third kappa shape index (κ3) is 5.36. The molecule has 1 aromatic rings. The highest BCUT2D eigenvalue weighted by atomic mass is 16.6. The van der Waals surface area contributed by atoms with Gasteiger partial charge < -0.3 is 10.4 Å². The molecule has 0 fully saturated rings. The Balaban J connectivity index is 2.44. The van der Waals surface area contributed by atoms with E-state index in [1.807, 2.05) is 0 Å². The van der Waals surface area contributed by atoms with Crippen LogP contribution in [0.4, 0.5) is 5.69 Å². The van der Waals surface area contributed by atoms with Crippen LogP contribution in [0.1, 0.15) is 44.8 Å². The van der Waals surface area contributed by atoms with Gasteiger partial charge in [-0.15, -0.1) is 0 Å². The quantitative estimate of drug-likeness (QED) is 0.560. The third-order valence-corrected chi connectivity index (χ3v) is 3.14. The number of aliphatic hydroxyl groups excluding tert-OH is 1. The summed E-state index contributed by atoms with van der Waals surface area (Å²) in [5.74, 6) is 0. The van der Waals surface area contributed by atoms with Gasteiger partial charge in [0.25, 0.3) is 5.69 Å². The smallest absolute Gasteiger partial charge is 0.269 e. The molecule has 0 aliphatic heterocycles. The predicted molar refractivity (Wildman–Crippen MR) is 75.0 cm³/mol. The summed E-state index contributed by atoms with van der Waals surface area (Å²) in [5.41, 5.74) is 0.737. The molecule has 5 heteroatoms. The lowest BCUT2D eigenvalue weighted by atomic mass is 10.1. The molecule has 2 N–H and O–H groups in total. The van der Waals surface area contributed by atoms with E-state index in [2.05, 4.69) is 19.2 Å². The van der Waals surface area contributed by atoms with Crippen molar-refractivity contribution in [3.8, 4) is 0 Å². The topological polar surface area (TPSA) is 75.4 Å². The first-order valence-corrected chi connectivity index (χ1v) is 6.70. The summed E-state index contributed by atoms with van der Waals surface area (Å²) in [6.07, 6.45) is 2.78. The molecule has 1 aromatic carbocycles. The van der Waals surface area contributed by atoms with E-state index in [1.54, 1.807) is 12.1 Å². The van der Waals surface area contributed by atoms with Gasteiger partial charge in [0.15, 0.2) is 0 Å². The number of rotatable bonds is 8. The van der Waals surface area contributed by atoms with E-state index in [9.17, 15) is 15.2 Å². The SMILES string of the molecule is CCCCC(C)NCC(O)c1ccc([N+](=O)[O-])cc1. The van der Waals surface area contributed by atoms with Crippen molar-refractivity contribution in [3.05, 3.63) is 39.9 Å². The first kappa shape index (κ1) is 15.6. The molecule has 0 aliphatic carbocycles. The van der Waals surface area contributed by atoms with Crippen LogP contribution in [0.3, 0.4) is 0 Å². The second kappa shape index (κ2) is 7.86. The van der Waals surface area contributed by atoms with Crippen LogP contribution in [0.2, 0.25) is 0 Å². The van der Waals surface area contributed by atoms with Gasteiger partial charge in [-0.3, -0.25) is 10.1 Å². The molecule has 5 nitrogen and oxygen atoms in total. The second-order valence-electron chi connectivity index (χ2n) is 4.82. The van der Waals surface area contributed by atoms with E-state index in [0.29, 0.717) is 18.2 Å². The molecule has 19 heavy (non-hydrogen) atoms. The fraction of sp³-hybridized carbons (Fsp3) is 0.571. The maximum Gasteiger partial charge on any atom is 0.269 e. The first-order valence-electron chi connectivity index (χ1n) is 6.70. The summed E-state index contributed by atoms with van der Waals surface area (Å²) in [4.78, 5) is 10.1. The lowest BCUT2D eigenvalue weighted by Crippen LogP contribution is -2.30. The number of aliphatic hydroxyl groups is 1. The fourth-order valence-corrected chi connectivity index (χ4v) is 1.86. The number of hydrogen-bond donors (Lipinski definition) is 2. The average molecular weight is 266 g/mol. The summed E-state index contributed by atoms with van der Waals surface area (Å²) in [6.45, 7) is 4.71. The van der Waals surface area contributed by atoms with Crippen LogP contribution in [0.15, 0.2) is 24.3 Å². The maximum atomic E-state index is 10.5. The van der Waals surface area contributed by atoms with Crippen molar-refractivity contribution in [1.29, 1.82) is 0 Å². The van der Waals surface area contributed by atoms with Crippen LogP contribution < -0.4 is 5.32 Å². The minimum Gasteiger partial charge on any atom is -0.387 e. The van der Waals surface area contributed by atoms with E-state index >= 15 is 0 Å². The van der Waals surface area contributed by atoms with Crippen molar-refractivity contribution in [2.24, 2.45) is 0 Å². The van der Waals surface area contributed by atoms with Gasteiger partial charge in [-0.05, 0) is 31.0 Å². The number of nitro groups is 1. The molecule has 0 radical (unpaired) electrons. The molecule has 106 valence electrons. The molecule has 2 atom stereocenters. The van der Waals surface area contributed by atoms with Gasteiger partial charge in [0, 0.05) is 24.7 Å². The van der Waals surface area contributed by atoms with Crippen LogP contribution in [-0.4, -0.2) is 22.6 Å². The van der Waals surface area contributed by atoms with Crippen molar-refractivity contribution in [3.63, 3.8) is 0 Å². The average Bonchev–Trinajstić information content (AvgIpc) is 2.42. The van der Waals surface area contributed by atoms with E-state index in [-0.39, 0.29) is 5.69 Å². The Bertz CT molecular complexity index is 392. The van der Waals surface area contributed by atoms with E-state index in [4.69, 9.17) is 0 Å². The summed E-state index contributed by atoms with van der Waals surface area (Å²) >= 11 is 0. The van der Waals surface area contributed by atoms with Crippen molar-refractivity contribution >= 4 is 5.69 Å². The van der Waals surface area contributed by atoms with E-state index in [1.165, 1.54) is 18.6 Å². The lowest BCUT2D eigenvalue weighted by molar-refractivity contribution is -0.384. The number of benzene rings is 1. The van der Waals surface area contributed by atoms with Crippen molar-refractivity contribution in [1.82, 2.24) is 5.32 Å². The fourth-order valence-electron chi connectivity index (χ4n) is 1.86. The Kier molecular flexibility index (Phi) is 6.45. The monoisotopic (exact) mass is 266 g/mol. The van der Waals surface area contributed by atoms with Crippen LogP contribution in [0.25, 0.3) is 0 Å². The molecule has 0 spiro atoms. The second-order valence-corrected chi connectivity index (χ2v) is 4.82. The van der Waals surface area contributed by atoms with Gasteiger partial charge in [0.1, 0.15) is 0 Å². The number of non-ortho nitro benzene ring substituents is 1. The van der Waals surface area contributed by atoms with Gasteiger partial charge in [-0.25, -0.2) is 0 Å². The van der Waals surface area contributed by atoms with E-state index < -0.39 is 11.0 Å². The first-order chi connectivity index (χ1) is 9.04. The Hall–Kier alpha value is -1.46. The van der Waals surface area contributed by atoms with Gasteiger partial charge >= 0.3 is 0 Å². The number of hydrogen-bond acceptors (Lipinski definition) is 4. The highest BCUT2D eigenvalue weighted by Crippen LogP contribution is 2.17. The molecule has 0 aromatic heterocycles. The minimum atomic E-state index is -0.634. The maximum absolute atomic E-state index is 10.5. The van der Waals surface area contributed by atoms with Crippen molar-refractivity contribution in [2.45, 2.75) is 45.3 Å². The third-order valence-electron chi connectivity index (χ3n) is 3.14. The Morgan fingerprint density at radius 3 is 2.53 bits per heavy atom. The van der Waals surface area contributed by atoms with Crippen LogP contribution >= 0.6 is 0 Å². The summed E-state index contributed by atoms with van der Waals surface area (Å²) in [5, 5.41) is 23.8. The van der Waals surface area contributed by atoms with Gasteiger partial charge in [-0.2, -0.15) is 0 Å². The zero-order valence-corrected chi connectivity index (χ0v) is 11.5. The standard InChI is InChI=1S/C14H22N2O3/c1-3-4-5-11(2)15-10-14(17)12-6-8-13(9-7-12)16(18)19/h6-9,11,14-15,17H,3-5,10H2,1-2H3. The molecular weight excluding hydrogens is 244 g/mol. The largest absolute Gasteiger partial charge is 0.387 e. The summed E-state index contributed by atoms with van der Waals surface area (Å²) in [6, 6.07) is 6.40. The molecule has 2 unspecified atom stereocenters. The molecule has 0 aliphatic rings. The molecule has 0 saturated heterocycles. The number of nitrogens with one attached hydrogen (secondary N) is 1. The lowest BCUT2D eigenvalue weighted by Gasteiger charge is -2.17. The molecular formula is C14H22N2O3.